The van der Waals surface area contributed by atoms with Gasteiger partial charge in [0.05, 0.1) is 34.0 Å². The first-order chi connectivity index (χ1) is 8.27. The second-order valence-electron chi connectivity index (χ2n) is 3.64. The number of hydrogen-bond acceptors (Lipinski definition) is 5. The molecule has 92 valence electrons. The third-order valence-electron chi connectivity index (χ3n) is 2.49. The predicted molar refractivity (Wildman–Crippen MR) is 68.3 cm³/mol. The van der Waals surface area contributed by atoms with E-state index in [0.29, 0.717) is 5.02 Å². The Kier molecular flexibility index (Phi) is 4.09. The van der Waals surface area contributed by atoms with Crippen molar-refractivity contribution in [3.05, 3.63) is 28.0 Å². The Labute approximate surface area is 109 Å². The lowest BCUT2D eigenvalue weighted by atomic mass is 10.2. The fourth-order valence-electron chi connectivity index (χ4n) is 1.76. The van der Waals surface area contributed by atoms with Crippen LogP contribution in [0.25, 0.3) is 0 Å². The molecule has 2 aromatic rings. The van der Waals surface area contributed by atoms with Crippen molar-refractivity contribution in [3.63, 3.8) is 0 Å². The summed E-state index contributed by atoms with van der Waals surface area (Å²) in [4.78, 5) is 1.03. The molecule has 1 N–H and O–H groups in total. The Morgan fingerprint density at radius 3 is 2.94 bits per heavy atom. The zero-order chi connectivity index (χ0) is 12.3. The van der Waals surface area contributed by atoms with Crippen LogP contribution in [0.1, 0.15) is 30.0 Å². The van der Waals surface area contributed by atoms with E-state index in [4.69, 9.17) is 11.6 Å². The molecule has 7 heteroatoms. The van der Waals surface area contributed by atoms with Crippen LogP contribution in [-0.2, 0) is 6.54 Å². The molecule has 0 aromatic carbocycles. The van der Waals surface area contributed by atoms with Crippen LogP contribution in [0, 0.1) is 0 Å². The lowest BCUT2D eigenvalue weighted by Crippen LogP contribution is -2.21. The fraction of sp³-hybridized carbons (Fsp3) is 0.500. The second-order valence-corrected chi connectivity index (χ2v) is 4.87. The summed E-state index contributed by atoms with van der Waals surface area (Å²) in [5.41, 5.74) is 0.974. The van der Waals surface area contributed by atoms with Crippen molar-refractivity contribution in [3.8, 4) is 0 Å². The zero-order valence-corrected chi connectivity index (χ0v) is 11.3. The molecule has 0 radical (unpaired) electrons. The third kappa shape index (κ3) is 2.48. The van der Waals surface area contributed by atoms with Gasteiger partial charge in [0.25, 0.3) is 0 Å². The Morgan fingerprint density at radius 2 is 2.35 bits per heavy atom. The fourth-order valence-corrected chi connectivity index (χ4v) is 2.63. The highest BCUT2D eigenvalue weighted by molar-refractivity contribution is 7.05. The minimum absolute atomic E-state index is 0.00319. The summed E-state index contributed by atoms with van der Waals surface area (Å²) < 4.78 is 5.82. The quantitative estimate of drug-likeness (QED) is 0.905. The summed E-state index contributed by atoms with van der Waals surface area (Å²) in [5, 5.41) is 12.1. The van der Waals surface area contributed by atoms with Crippen LogP contribution < -0.4 is 5.32 Å². The maximum absolute atomic E-state index is 6.21. The van der Waals surface area contributed by atoms with Crippen molar-refractivity contribution in [2.24, 2.45) is 0 Å². The highest BCUT2D eigenvalue weighted by atomic mass is 35.5. The first kappa shape index (κ1) is 12.5. The molecule has 0 fully saturated rings. The Hall–Kier alpha value is -0.980. The smallest absolute Gasteiger partial charge is 0.0887 e. The molecular weight excluding hydrogens is 258 g/mol. The van der Waals surface area contributed by atoms with Crippen molar-refractivity contribution in [1.29, 1.82) is 0 Å². The molecule has 2 aromatic heterocycles. The van der Waals surface area contributed by atoms with Crippen LogP contribution in [-0.4, -0.2) is 26.4 Å². The molecule has 0 saturated carbocycles. The highest BCUT2D eigenvalue weighted by Crippen LogP contribution is 2.29. The molecule has 0 saturated heterocycles. The Balaban J connectivity index is 2.39. The van der Waals surface area contributed by atoms with Crippen molar-refractivity contribution < 1.29 is 0 Å². The molecule has 0 aliphatic heterocycles. The van der Waals surface area contributed by atoms with E-state index in [0.717, 1.165) is 23.5 Å². The molecule has 0 aliphatic rings. The van der Waals surface area contributed by atoms with E-state index >= 15 is 0 Å². The van der Waals surface area contributed by atoms with Crippen molar-refractivity contribution in [1.82, 2.24) is 24.7 Å². The second kappa shape index (κ2) is 5.57. The zero-order valence-electron chi connectivity index (χ0n) is 9.72. The summed E-state index contributed by atoms with van der Waals surface area (Å²) in [6.07, 6.45) is 4.46. The van der Waals surface area contributed by atoms with Crippen molar-refractivity contribution >= 4 is 23.1 Å². The number of hydrogen-bond donors (Lipinski definition) is 1. The normalized spacial score (nSPS) is 12.9. The van der Waals surface area contributed by atoms with E-state index in [1.807, 2.05) is 11.7 Å². The number of nitrogens with zero attached hydrogens (tertiary/aromatic N) is 4. The SMILES string of the molecule is CCCn1ncc(Cl)c1C(NC)c1cnns1. The van der Waals surface area contributed by atoms with E-state index < -0.39 is 0 Å². The van der Waals surface area contributed by atoms with Gasteiger partial charge >= 0.3 is 0 Å². The number of halogens is 1. The molecule has 0 aliphatic carbocycles. The van der Waals surface area contributed by atoms with Gasteiger partial charge in [0.2, 0.25) is 0 Å². The average Bonchev–Trinajstić information content (AvgIpc) is 2.94. The minimum Gasteiger partial charge on any atom is -0.307 e. The molecule has 1 atom stereocenters. The molecule has 17 heavy (non-hydrogen) atoms. The lowest BCUT2D eigenvalue weighted by Gasteiger charge is -2.16. The van der Waals surface area contributed by atoms with Crippen LogP contribution >= 0.6 is 23.1 Å². The van der Waals surface area contributed by atoms with Gasteiger partial charge in [-0.1, -0.05) is 23.0 Å². The summed E-state index contributed by atoms with van der Waals surface area (Å²) >= 11 is 7.58. The van der Waals surface area contributed by atoms with Gasteiger partial charge in [0.15, 0.2) is 0 Å². The van der Waals surface area contributed by atoms with Gasteiger partial charge in [-0.2, -0.15) is 5.10 Å². The summed E-state index contributed by atoms with van der Waals surface area (Å²) in [7, 11) is 1.89. The van der Waals surface area contributed by atoms with Gasteiger partial charge in [-0.05, 0) is 25.0 Å². The average molecular weight is 272 g/mol. The monoisotopic (exact) mass is 271 g/mol. The summed E-state index contributed by atoms with van der Waals surface area (Å²) in [6, 6.07) is -0.00319. The number of rotatable bonds is 5. The molecular formula is C10H14ClN5S. The first-order valence-corrected chi connectivity index (χ1v) is 6.58. The highest BCUT2D eigenvalue weighted by Gasteiger charge is 2.22. The van der Waals surface area contributed by atoms with E-state index in [1.165, 1.54) is 11.5 Å². The van der Waals surface area contributed by atoms with Gasteiger partial charge in [-0.15, -0.1) is 5.10 Å². The third-order valence-corrected chi connectivity index (χ3v) is 3.51. The maximum atomic E-state index is 6.21. The first-order valence-electron chi connectivity index (χ1n) is 5.43. The van der Waals surface area contributed by atoms with Crippen LogP contribution in [0.5, 0.6) is 0 Å². The van der Waals surface area contributed by atoms with Gasteiger partial charge in [0.1, 0.15) is 0 Å². The van der Waals surface area contributed by atoms with Crippen LogP contribution in [0.3, 0.4) is 0 Å². The molecule has 2 rings (SSSR count). The number of aryl methyl sites for hydroxylation is 1. The van der Waals surface area contributed by atoms with Crippen LogP contribution in [0.2, 0.25) is 5.02 Å². The summed E-state index contributed by atoms with van der Waals surface area (Å²) in [5.74, 6) is 0. The predicted octanol–water partition coefficient (Wildman–Crippen LogP) is 2.11. The minimum atomic E-state index is -0.00319. The number of aromatic nitrogens is 4. The van der Waals surface area contributed by atoms with Gasteiger partial charge < -0.3 is 5.32 Å². The largest absolute Gasteiger partial charge is 0.307 e. The topological polar surface area (TPSA) is 55.6 Å². The Bertz CT molecular complexity index is 467. The molecule has 5 nitrogen and oxygen atoms in total. The lowest BCUT2D eigenvalue weighted by molar-refractivity contribution is 0.537. The van der Waals surface area contributed by atoms with Gasteiger partial charge in [-0.3, -0.25) is 4.68 Å². The van der Waals surface area contributed by atoms with E-state index in [1.54, 1.807) is 12.4 Å². The molecule has 2 heterocycles. The molecule has 0 amide bonds. The molecule has 0 spiro atoms. The maximum Gasteiger partial charge on any atom is 0.0887 e. The summed E-state index contributed by atoms with van der Waals surface area (Å²) in [6.45, 7) is 2.97. The van der Waals surface area contributed by atoms with Crippen LogP contribution in [0.4, 0.5) is 0 Å². The van der Waals surface area contributed by atoms with Crippen LogP contribution in [0.15, 0.2) is 12.4 Å². The van der Waals surface area contributed by atoms with Gasteiger partial charge in [0, 0.05) is 6.54 Å². The molecule has 1 unspecified atom stereocenters. The Morgan fingerprint density at radius 1 is 1.53 bits per heavy atom. The van der Waals surface area contributed by atoms with Gasteiger partial charge in [-0.25, -0.2) is 0 Å². The van der Waals surface area contributed by atoms with E-state index in [-0.39, 0.29) is 6.04 Å². The van der Waals surface area contributed by atoms with Crippen molar-refractivity contribution in [2.45, 2.75) is 25.9 Å². The number of nitrogens with one attached hydrogen (secondary N) is 1. The van der Waals surface area contributed by atoms with E-state index in [9.17, 15) is 0 Å². The standard InChI is InChI=1S/C10H14ClN5S/c1-3-4-16-10(7(11)5-14-16)9(12-2)8-6-13-15-17-8/h5-6,9,12H,3-4H2,1-2H3. The molecule has 0 bridgehead atoms. The van der Waals surface area contributed by atoms with Crippen molar-refractivity contribution in [2.75, 3.05) is 7.05 Å². The van der Waals surface area contributed by atoms with E-state index in [2.05, 4.69) is 26.9 Å².